The molecule has 0 saturated heterocycles. The first-order valence-electron chi connectivity index (χ1n) is 9.80. The largest absolute Gasteiger partial charge is 0.462 e. The lowest BCUT2D eigenvalue weighted by Crippen LogP contribution is -2.21. The van der Waals surface area contributed by atoms with E-state index in [-0.39, 0.29) is 6.61 Å². The van der Waals surface area contributed by atoms with Crippen LogP contribution in [0.15, 0.2) is 12.1 Å². The fraction of sp³-hybridized carbons (Fsp3) is 0.476. The zero-order valence-corrected chi connectivity index (χ0v) is 18.0. The van der Waals surface area contributed by atoms with Gasteiger partial charge in [-0.05, 0) is 52.2 Å². The highest BCUT2D eigenvalue weighted by molar-refractivity contribution is 7.16. The molecule has 0 aromatic carbocycles. The van der Waals surface area contributed by atoms with Crippen LogP contribution >= 0.6 is 11.3 Å². The van der Waals surface area contributed by atoms with Crippen molar-refractivity contribution >= 4 is 34.2 Å². The van der Waals surface area contributed by atoms with Crippen LogP contribution in [0.1, 0.15) is 69.7 Å². The smallest absolute Gasteiger partial charge is 0.341 e. The van der Waals surface area contributed by atoms with Gasteiger partial charge in [-0.25, -0.2) is 9.59 Å². The summed E-state index contributed by atoms with van der Waals surface area (Å²) in [7, 11) is 0. The lowest BCUT2D eigenvalue weighted by molar-refractivity contribution is -0.119. The summed E-state index contributed by atoms with van der Waals surface area (Å²) in [5.74, 6) is -1.50. The van der Waals surface area contributed by atoms with Gasteiger partial charge in [-0.1, -0.05) is 6.92 Å². The Hall–Kier alpha value is -2.61. The van der Waals surface area contributed by atoms with Crippen molar-refractivity contribution in [2.45, 2.75) is 53.0 Å². The van der Waals surface area contributed by atoms with Crippen molar-refractivity contribution in [2.24, 2.45) is 0 Å². The highest BCUT2D eigenvalue weighted by atomic mass is 32.1. The maximum atomic E-state index is 12.5. The molecule has 0 spiro atoms. The third-order valence-electron chi connectivity index (χ3n) is 4.83. The predicted octanol–water partition coefficient (Wildman–Crippen LogP) is 4.04. The zero-order chi connectivity index (χ0) is 21.1. The molecular formula is C21H26N2O5S. The molecule has 2 aromatic heterocycles. The minimum Gasteiger partial charge on any atom is -0.462 e. The van der Waals surface area contributed by atoms with Crippen LogP contribution in [0.25, 0.3) is 0 Å². The number of aryl methyl sites for hydroxylation is 2. The van der Waals surface area contributed by atoms with Crippen LogP contribution in [0, 0.1) is 13.8 Å². The van der Waals surface area contributed by atoms with E-state index in [4.69, 9.17) is 9.47 Å². The van der Waals surface area contributed by atoms with Gasteiger partial charge in [0.15, 0.2) is 6.61 Å². The molecule has 2 aromatic rings. The number of aromatic nitrogens is 1. The number of carbonyl (C=O) groups is 3. The predicted molar refractivity (Wildman–Crippen MR) is 111 cm³/mol. The van der Waals surface area contributed by atoms with Crippen LogP contribution in [0.3, 0.4) is 0 Å². The van der Waals surface area contributed by atoms with Crippen molar-refractivity contribution in [1.29, 1.82) is 0 Å². The van der Waals surface area contributed by atoms with Gasteiger partial charge in [0.1, 0.15) is 5.00 Å². The second-order valence-electron chi connectivity index (χ2n) is 7.04. The van der Waals surface area contributed by atoms with E-state index in [2.05, 4.69) is 9.88 Å². The van der Waals surface area contributed by atoms with Gasteiger partial charge >= 0.3 is 11.9 Å². The molecular weight excluding hydrogens is 392 g/mol. The molecule has 0 bridgehead atoms. The minimum atomic E-state index is -0.522. The molecule has 1 amide bonds. The molecule has 2 heterocycles. The number of carbonyl (C=O) groups excluding carboxylic acids is 3. The van der Waals surface area contributed by atoms with Crippen molar-refractivity contribution in [3.8, 4) is 0 Å². The van der Waals surface area contributed by atoms with Gasteiger partial charge < -0.3 is 19.4 Å². The number of rotatable bonds is 8. The number of ether oxygens (including phenoxy) is 2. The highest BCUT2D eigenvalue weighted by Crippen LogP contribution is 2.38. The van der Waals surface area contributed by atoms with Crippen molar-refractivity contribution in [3.05, 3.63) is 39.5 Å². The Bertz CT molecular complexity index is 939. The molecule has 8 heteroatoms. The van der Waals surface area contributed by atoms with Crippen molar-refractivity contribution in [2.75, 3.05) is 18.5 Å². The standard InChI is InChI=1S/C21H26N2O5S/c1-5-15-10-17(21(26)27-6-2)19(29-15)22-18(24)11-28-20(25)16-9-12(3)23(13(16)4)14-7-8-14/h9-10,14H,5-8,11H2,1-4H3,(H,22,24). The average Bonchev–Trinajstić information content (AvgIpc) is 3.35. The van der Waals surface area contributed by atoms with Gasteiger partial charge in [0, 0.05) is 22.3 Å². The molecule has 1 aliphatic rings. The Morgan fingerprint density at radius 1 is 1.10 bits per heavy atom. The van der Waals surface area contributed by atoms with Gasteiger partial charge in [-0.3, -0.25) is 4.79 Å². The molecule has 156 valence electrons. The first-order valence-corrected chi connectivity index (χ1v) is 10.6. The van der Waals surface area contributed by atoms with E-state index in [1.54, 1.807) is 19.1 Å². The SMILES string of the molecule is CCOC(=O)c1cc(CC)sc1NC(=O)COC(=O)c1cc(C)n(C2CC2)c1C. The van der Waals surface area contributed by atoms with Gasteiger partial charge in [0.25, 0.3) is 5.91 Å². The van der Waals surface area contributed by atoms with Crippen LogP contribution in [0.4, 0.5) is 5.00 Å². The first-order chi connectivity index (χ1) is 13.8. The number of nitrogens with zero attached hydrogens (tertiary/aromatic N) is 1. The summed E-state index contributed by atoms with van der Waals surface area (Å²) in [6, 6.07) is 3.99. The summed E-state index contributed by atoms with van der Waals surface area (Å²) in [6.45, 7) is 7.38. The summed E-state index contributed by atoms with van der Waals surface area (Å²) >= 11 is 1.31. The molecule has 0 unspecified atom stereocenters. The van der Waals surface area contributed by atoms with E-state index in [0.29, 0.717) is 22.2 Å². The fourth-order valence-corrected chi connectivity index (χ4v) is 4.32. The minimum absolute atomic E-state index is 0.250. The first kappa shape index (κ1) is 21.1. The number of nitrogens with one attached hydrogen (secondary N) is 1. The quantitative estimate of drug-likeness (QED) is 0.654. The zero-order valence-electron chi connectivity index (χ0n) is 17.2. The Labute approximate surface area is 174 Å². The summed E-state index contributed by atoms with van der Waals surface area (Å²) in [4.78, 5) is 37.8. The molecule has 1 fully saturated rings. The lowest BCUT2D eigenvalue weighted by Gasteiger charge is -2.08. The number of amides is 1. The van der Waals surface area contributed by atoms with E-state index >= 15 is 0 Å². The Morgan fingerprint density at radius 2 is 1.79 bits per heavy atom. The molecule has 0 atom stereocenters. The van der Waals surface area contributed by atoms with E-state index in [9.17, 15) is 14.4 Å². The van der Waals surface area contributed by atoms with Crippen LogP contribution in [-0.2, 0) is 20.7 Å². The van der Waals surface area contributed by atoms with Gasteiger partial charge in [0.2, 0.25) is 0 Å². The number of hydrogen-bond acceptors (Lipinski definition) is 6. The second kappa shape index (κ2) is 8.82. The lowest BCUT2D eigenvalue weighted by atomic mass is 10.2. The second-order valence-corrected chi connectivity index (χ2v) is 8.18. The average molecular weight is 419 g/mol. The van der Waals surface area contributed by atoms with Gasteiger partial charge in [0.05, 0.1) is 17.7 Å². The highest BCUT2D eigenvalue weighted by Gasteiger charge is 2.29. The van der Waals surface area contributed by atoms with Gasteiger partial charge in [-0.15, -0.1) is 11.3 Å². The van der Waals surface area contributed by atoms with Crippen LogP contribution in [0.5, 0.6) is 0 Å². The molecule has 3 rings (SSSR count). The molecule has 0 aliphatic heterocycles. The topological polar surface area (TPSA) is 86.6 Å². The van der Waals surface area contributed by atoms with Crippen molar-refractivity contribution < 1.29 is 23.9 Å². The van der Waals surface area contributed by atoms with Gasteiger partial charge in [-0.2, -0.15) is 0 Å². The molecule has 7 nitrogen and oxygen atoms in total. The number of thiophene rings is 1. The Balaban J connectivity index is 1.63. The maximum Gasteiger partial charge on any atom is 0.341 e. The Morgan fingerprint density at radius 3 is 2.41 bits per heavy atom. The third kappa shape index (κ3) is 4.70. The number of hydrogen-bond donors (Lipinski definition) is 1. The summed E-state index contributed by atoms with van der Waals surface area (Å²) in [6.07, 6.45) is 2.98. The van der Waals surface area contributed by atoms with Crippen LogP contribution in [-0.4, -0.2) is 35.6 Å². The summed E-state index contributed by atoms with van der Waals surface area (Å²) in [5, 5.41) is 3.08. The maximum absolute atomic E-state index is 12.5. The fourth-order valence-electron chi connectivity index (χ4n) is 3.32. The normalized spacial score (nSPS) is 13.2. The van der Waals surface area contributed by atoms with E-state index in [0.717, 1.165) is 35.5 Å². The van der Waals surface area contributed by atoms with E-state index in [1.807, 2.05) is 20.8 Å². The van der Waals surface area contributed by atoms with Crippen LogP contribution in [0.2, 0.25) is 0 Å². The van der Waals surface area contributed by atoms with E-state index in [1.165, 1.54) is 11.3 Å². The van der Waals surface area contributed by atoms with E-state index < -0.39 is 24.5 Å². The monoisotopic (exact) mass is 418 g/mol. The number of esters is 2. The Kier molecular flexibility index (Phi) is 6.42. The number of anilines is 1. The molecule has 1 aliphatic carbocycles. The molecule has 0 radical (unpaired) electrons. The molecule has 1 N–H and O–H groups in total. The van der Waals surface area contributed by atoms with Crippen molar-refractivity contribution in [3.63, 3.8) is 0 Å². The van der Waals surface area contributed by atoms with Crippen molar-refractivity contribution in [1.82, 2.24) is 4.57 Å². The molecule has 29 heavy (non-hydrogen) atoms. The van der Waals surface area contributed by atoms with Crippen LogP contribution < -0.4 is 5.32 Å². The summed E-state index contributed by atoms with van der Waals surface area (Å²) < 4.78 is 12.4. The summed E-state index contributed by atoms with van der Waals surface area (Å²) in [5.41, 5.74) is 2.69. The molecule has 1 saturated carbocycles. The third-order valence-corrected chi connectivity index (χ3v) is 6.03.